The van der Waals surface area contributed by atoms with E-state index in [9.17, 15) is 0 Å². The van der Waals surface area contributed by atoms with E-state index in [0.29, 0.717) is 11.4 Å². The van der Waals surface area contributed by atoms with Crippen LogP contribution in [0.3, 0.4) is 0 Å². The predicted molar refractivity (Wildman–Crippen MR) is 108 cm³/mol. The summed E-state index contributed by atoms with van der Waals surface area (Å²) in [7, 11) is 2.88. The second-order valence-corrected chi connectivity index (χ2v) is 5.76. The molecule has 0 atom stereocenters. The number of pyridine rings is 2. The first kappa shape index (κ1) is 18.8. The number of rotatable bonds is 6. The van der Waals surface area contributed by atoms with E-state index in [-0.39, 0.29) is 11.7 Å². The van der Waals surface area contributed by atoms with Crippen LogP contribution in [-0.4, -0.2) is 35.9 Å². The molecule has 3 aromatic rings. The topological polar surface area (TPSA) is 121 Å². The third kappa shape index (κ3) is 4.24. The van der Waals surface area contributed by atoms with E-state index in [0.717, 1.165) is 22.3 Å². The minimum atomic E-state index is 0.233. The van der Waals surface area contributed by atoms with Crippen molar-refractivity contribution < 1.29 is 9.68 Å². The molecule has 0 unspecified atom stereocenters. The van der Waals surface area contributed by atoms with E-state index < -0.39 is 0 Å². The van der Waals surface area contributed by atoms with Crippen LogP contribution < -0.4 is 11.5 Å². The smallest absolute Gasteiger partial charge is 0.188 e. The highest BCUT2D eigenvalue weighted by atomic mass is 16.6. The average Bonchev–Trinajstić information content (AvgIpc) is 2.74. The van der Waals surface area contributed by atoms with Crippen LogP contribution >= 0.6 is 0 Å². The second kappa shape index (κ2) is 8.63. The van der Waals surface area contributed by atoms with E-state index in [1.54, 1.807) is 24.5 Å². The molecule has 0 spiro atoms. The van der Waals surface area contributed by atoms with Gasteiger partial charge in [0.2, 0.25) is 0 Å². The lowest BCUT2D eigenvalue weighted by Gasteiger charge is -2.06. The Morgan fingerprint density at radius 1 is 0.643 bits per heavy atom. The molecule has 142 valence electrons. The Morgan fingerprint density at radius 2 is 1.00 bits per heavy atom. The fraction of sp³-hybridized carbons (Fsp3) is 0.100. The maximum absolute atomic E-state index is 5.76. The third-order valence-electron chi connectivity index (χ3n) is 3.98. The van der Waals surface area contributed by atoms with Crippen LogP contribution in [0.15, 0.2) is 71.2 Å². The van der Waals surface area contributed by atoms with Crippen LogP contribution in [0.5, 0.6) is 0 Å². The van der Waals surface area contributed by atoms with Crippen molar-refractivity contribution in [3.63, 3.8) is 0 Å². The summed E-state index contributed by atoms with van der Waals surface area (Å²) in [6.07, 6.45) is 3.49. The van der Waals surface area contributed by atoms with E-state index in [2.05, 4.69) is 30.0 Å². The van der Waals surface area contributed by atoms with Crippen LogP contribution in [0.4, 0.5) is 0 Å². The van der Waals surface area contributed by atoms with Crippen molar-refractivity contribution in [1.29, 1.82) is 0 Å². The number of benzene rings is 1. The lowest BCUT2D eigenvalue weighted by atomic mass is 10.0. The third-order valence-corrected chi connectivity index (χ3v) is 3.98. The summed E-state index contributed by atoms with van der Waals surface area (Å²) in [5.41, 5.74) is 16.6. The van der Waals surface area contributed by atoms with Gasteiger partial charge >= 0.3 is 0 Å². The summed E-state index contributed by atoms with van der Waals surface area (Å²) < 4.78 is 0. The molecule has 2 heterocycles. The van der Waals surface area contributed by atoms with Gasteiger partial charge in [-0.25, -0.2) is 0 Å². The lowest BCUT2D eigenvalue weighted by Crippen LogP contribution is -2.15. The normalized spacial score (nSPS) is 11.9. The summed E-state index contributed by atoms with van der Waals surface area (Å²) in [6.45, 7) is 0. The summed E-state index contributed by atoms with van der Waals surface area (Å²) in [4.78, 5) is 18.0. The highest BCUT2D eigenvalue weighted by Gasteiger charge is 2.06. The Morgan fingerprint density at radius 3 is 1.29 bits per heavy atom. The number of aromatic nitrogens is 2. The molecule has 0 fully saturated rings. The minimum Gasteiger partial charge on any atom is -0.397 e. The van der Waals surface area contributed by atoms with Crippen molar-refractivity contribution >= 4 is 11.7 Å². The molecule has 28 heavy (non-hydrogen) atoms. The summed E-state index contributed by atoms with van der Waals surface area (Å²) in [5.74, 6) is 0.466. The molecule has 0 amide bonds. The monoisotopic (exact) mass is 376 g/mol. The molecule has 0 aliphatic rings. The predicted octanol–water partition coefficient (Wildman–Crippen LogP) is 2.34. The van der Waals surface area contributed by atoms with Gasteiger partial charge in [0.1, 0.15) is 25.6 Å². The van der Waals surface area contributed by atoms with E-state index in [1.807, 2.05) is 36.4 Å². The van der Waals surface area contributed by atoms with Gasteiger partial charge < -0.3 is 21.1 Å². The van der Waals surface area contributed by atoms with E-state index >= 15 is 0 Å². The molecule has 4 N–H and O–H groups in total. The van der Waals surface area contributed by atoms with Gasteiger partial charge in [0.25, 0.3) is 0 Å². The molecule has 2 aromatic heterocycles. The first-order valence-electron chi connectivity index (χ1n) is 8.39. The second-order valence-electron chi connectivity index (χ2n) is 5.76. The summed E-state index contributed by atoms with van der Waals surface area (Å²) in [5, 5.41) is 7.35. The minimum absolute atomic E-state index is 0.233. The van der Waals surface area contributed by atoms with Crippen LogP contribution in [0.2, 0.25) is 0 Å². The largest absolute Gasteiger partial charge is 0.397 e. The van der Waals surface area contributed by atoms with Gasteiger partial charge in [0, 0.05) is 23.5 Å². The first-order chi connectivity index (χ1) is 13.6. The molecule has 0 radical (unpaired) electrons. The van der Waals surface area contributed by atoms with Crippen LogP contribution in [0.25, 0.3) is 22.3 Å². The number of hydrogen-bond acceptors (Lipinski definition) is 6. The Kier molecular flexibility index (Phi) is 5.81. The molecular formula is C20H20N6O2. The molecular weight excluding hydrogens is 356 g/mol. The van der Waals surface area contributed by atoms with Crippen molar-refractivity contribution in [2.45, 2.75) is 0 Å². The Labute approximate surface area is 162 Å². The highest BCUT2D eigenvalue weighted by Crippen LogP contribution is 2.24. The van der Waals surface area contributed by atoms with Gasteiger partial charge in [-0.2, -0.15) is 0 Å². The van der Waals surface area contributed by atoms with Gasteiger partial charge in [-0.1, -0.05) is 46.7 Å². The van der Waals surface area contributed by atoms with Crippen molar-refractivity contribution in [2.75, 3.05) is 14.2 Å². The molecule has 0 bridgehead atoms. The van der Waals surface area contributed by atoms with Gasteiger partial charge in [-0.05, 0) is 23.3 Å². The van der Waals surface area contributed by atoms with Gasteiger partial charge in [-0.15, -0.1) is 0 Å². The van der Waals surface area contributed by atoms with Crippen LogP contribution in [-0.2, 0) is 9.68 Å². The zero-order valence-electron chi connectivity index (χ0n) is 15.5. The number of oxime groups is 2. The maximum atomic E-state index is 5.76. The first-order valence-corrected chi connectivity index (χ1v) is 8.39. The number of nitrogens with two attached hydrogens (primary N) is 2. The van der Waals surface area contributed by atoms with Crippen molar-refractivity contribution in [3.8, 4) is 22.3 Å². The number of hydrogen-bond donors (Lipinski definition) is 2. The molecule has 1 aromatic carbocycles. The van der Waals surface area contributed by atoms with Crippen LogP contribution in [0.1, 0.15) is 11.4 Å². The van der Waals surface area contributed by atoms with E-state index in [4.69, 9.17) is 11.5 Å². The Balaban J connectivity index is 1.78. The summed E-state index contributed by atoms with van der Waals surface area (Å²) in [6, 6.07) is 15.6. The zero-order chi connectivity index (χ0) is 19.9. The molecule has 3 rings (SSSR count). The number of amidine groups is 2. The maximum Gasteiger partial charge on any atom is 0.188 e. The molecule has 8 nitrogen and oxygen atoms in total. The number of nitrogens with zero attached hydrogens (tertiary/aromatic N) is 4. The zero-order valence-corrected chi connectivity index (χ0v) is 15.5. The van der Waals surface area contributed by atoms with Crippen molar-refractivity contribution in [2.24, 2.45) is 21.8 Å². The fourth-order valence-corrected chi connectivity index (χ4v) is 2.58. The Hall–Kier alpha value is -3.94. The Bertz CT molecular complexity index is 898. The van der Waals surface area contributed by atoms with Crippen molar-refractivity contribution in [1.82, 2.24) is 9.97 Å². The van der Waals surface area contributed by atoms with Crippen LogP contribution in [0, 0.1) is 0 Å². The molecule has 0 saturated carbocycles. The molecule has 0 aliphatic carbocycles. The average molecular weight is 376 g/mol. The molecule has 8 heteroatoms. The van der Waals surface area contributed by atoms with E-state index in [1.165, 1.54) is 14.2 Å². The van der Waals surface area contributed by atoms with Gasteiger partial charge in [0.05, 0.1) is 0 Å². The summed E-state index contributed by atoms with van der Waals surface area (Å²) >= 11 is 0. The lowest BCUT2D eigenvalue weighted by molar-refractivity contribution is 0.213. The van der Waals surface area contributed by atoms with Gasteiger partial charge in [-0.3, -0.25) is 9.97 Å². The quantitative estimate of drug-likeness (QED) is 0.387. The van der Waals surface area contributed by atoms with Gasteiger partial charge in [0.15, 0.2) is 11.7 Å². The molecule has 0 saturated heterocycles. The standard InChI is InChI=1S/C20H20N6O2/c1-27-25-19(21)17-9-7-15(11-23-17)13-3-5-14(6-4-13)16-8-10-18(24-12-16)20(22)26-28-2/h3-12H,1-2H3,(H2,21,25)(H2,22,26). The SMILES string of the molecule is CON=C(N)c1ccc(-c2ccc(-c3ccc(C(N)=NOC)nc3)cc2)cn1. The highest BCUT2D eigenvalue weighted by molar-refractivity contribution is 5.96. The van der Waals surface area contributed by atoms with Crippen molar-refractivity contribution in [3.05, 3.63) is 72.3 Å². The fourth-order valence-electron chi connectivity index (χ4n) is 2.58. The molecule has 0 aliphatic heterocycles.